The van der Waals surface area contributed by atoms with E-state index in [0.29, 0.717) is 6.42 Å². The van der Waals surface area contributed by atoms with Crippen molar-refractivity contribution in [1.82, 2.24) is 5.32 Å². The molecule has 0 radical (unpaired) electrons. The van der Waals surface area contributed by atoms with Crippen LogP contribution in [0.1, 0.15) is 386 Å². The van der Waals surface area contributed by atoms with Crippen LogP contribution in [0.4, 0.5) is 0 Å². The van der Waals surface area contributed by atoms with Gasteiger partial charge in [-0.05, 0) is 70.6 Å². The molecule has 0 fully saturated rings. The third kappa shape index (κ3) is 66.6. The second-order valence-corrected chi connectivity index (χ2v) is 24.6. The summed E-state index contributed by atoms with van der Waals surface area (Å²) in [5, 5.41) is 23.3. The van der Waals surface area contributed by atoms with E-state index in [0.717, 1.165) is 57.8 Å². The Morgan fingerprint density at radius 1 is 0.312 bits per heavy atom. The molecule has 0 saturated heterocycles. The van der Waals surface area contributed by atoms with E-state index in [1.54, 1.807) is 6.08 Å². The summed E-state index contributed by atoms with van der Waals surface area (Å²) in [6, 6.07) is -0.642. The molecule has 4 nitrogen and oxygen atoms in total. The van der Waals surface area contributed by atoms with Gasteiger partial charge in [0.1, 0.15) is 0 Å². The Kier molecular flexibility index (Phi) is 69.2. The zero-order chi connectivity index (χ0) is 57.6. The number of aliphatic hydroxyl groups excluding tert-OH is 2. The van der Waals surface area contributed by atoms with Gasteiger partial charge in [0.25, 0.3) is 0 Å². The first-order valence-electron chi connectivity index (χ1n) is 36.2. The molecule has 0 aliphatic rings. The van der Waals surface area contributed by atoms with E-state index in [1.807, 2.05) is 6.08 Å². The summed E-state index contributed by atoms with van der Waals surface area (Å²) in [5.74, 6) is -0.0676. The van der Waals surface area contributed by atoms with Crippen molar-refractivity contribution in [2.45, 2.75) is 398 Å². The normalized spacial score (nSPS) is 13.1. The van der Waals surface area contributed by atoms with Crippen molar-refractivity contribution in [2.24, 2.45) is 0 Å². The van der Waals surface area contributed by atoms with Crippen LogP contribution >= 0.6 is 0 Å². The van der Waals surface area contributed by atoms with Crippen molar-refractivity contribution in [2.75, 3.05) is 6.61 Å². The first kappa shape index (κ1) is 77.8. The molecular weight excluding hydrogens is 975 g/mol. The Balaban J connectivity index is 3.45. The molecule has 2 atom stereocenters. The predicted octanol–water partition coefficient (Wildman–Crippen LogP) is 24.8. The van der Waals surface area contributed by atoms with E-state index < -0.39 is 12.1 Å². The van der Waals surface area contributed by atoms with Crippen molar-refractivity contribution in [3.05, 3.63) is 72.9 Å². The van der Waals surface area contributed by atoms with Crippen LogP contribution in [-0.2, 0) is 4.79 Å². The van der Waals surface area contributed by atoms with Crippen LogP contribution in [0.15, 0.2) is 72.9 Å². The third-order valence-corrected chi connectivity index (χ3v) is 16.7. The summed E-state index contributed by atoms with van der Waals surface area (Å²) in [4.78, 5) is 12.5. The van der Waals surface area contributed by atoms with Gasteiger partial charge >= 0.3 is 0 Å². The molecule has 0 aromatic rings. The van der Waals surface area contributed by atoms with Crippen molar-refractivity contribution in [3.63, 3.8) is 0 Å². The molecule has 3 N–H and O–H groups in total. The number of carbonyl (C=O) groups excluding carboxylic acids is 1. The van der Waals surface area contributed by atoms with Crippen molar-refractivity contribution < 1.29 is 15.0 Å². The second kappa shape index (κ2) is 71.1. The molecule has 0 saturated carbocycles. The van der Waals surface area contributed by atoms with Crippen LogP contribution in [0, 0.1) is 0 Å². The summed E-state index contributed by atoms with van der Waals surface area (Å²) >= 11 is 0. The summed E-state index contributed by atoms with van der Waals surface area (Å²) < 4.78 is 0. The summed E-state index contributed by atoms with van der Waals surface area (Å²) in [6.45, 7) is 4.23. The van der Waals surface area contributed by atoms with Crippen LogP contribution in [-0.4, -0.2) is 34.9 Å². The number of amides is 1. The minimum Gasteiger partial charge on any atom is -0.394 e. The van der Waals surface area contributed by atoms with Crippen LogP contribution in [0.5, 0.6) is 0 Å². The van der Waals surface area contributed by atoms with Crippen LogP contribution in [0.25, 0.3) is 0 Å². The van der Waals surface area contributed by atoms with E-state index in [9.17, 15) is 15.0 Å². The zero-order valence-electron chi connectivity index (χ0n) is 54.1. The van der Waals surface area contributed by atoms with Gasteiger partial charge in [-0.25, -0.2) is 0 Å². The minimum atomic E-state index is -0.865. The van der Waals surface area contributed by atoms with Gasteiger partial charge in [-0.2, -0.15) is 0 Å². The number of nitrogens with one attached hydrogen (secondary N) is 1. The molecular formula is C76H141NO3. The molecule has 0 spiro atoms. The molecule has 4 heteroatoms. The number of aliphatic hydroxyl groups is 2. The molecule has 0 heterocycles. The Hall–Kier alpha value is -2.17. The number of carbonyl (C=O) groups is 1. The smallest absolute Gasteiger partial charge is 0.220 e. The molecule has 468 valence electrons. The Labute approximate surface area is 501 Å². The van der Waals surface area contributed by atoms with E-state index in [1.165, 1.54) is 308 Å². The molecule has 0 rings (SSSR count). The van der Waals surface area contributed by atoms with E-state index in [2.05, 4.69) is 79.9 Å². The standard InChI is InChI=1S/C76H141NO3/c1-3-5-7-9-11-13-15-17-19-21-23-25-27-29-31-33-35-37-38-40-42-44-46-48-50-52-54-56-58-60-62-64-66-68-70-72-76(80)77-74(73-78)75(79)71-69-67-65-63-61-59-57-55-53-51-49-47-45-43-41-39-36-34-32-30-28-26-24-22-20-18-16-14-12-10-8-6-4-2/h5,7,11,13,17,19,23,25,61,63,69,71,74-75,78-79H,3-4,6,8-10,12,14-16,18,20-22,24,26-60,62,64-68,70,72-73H2,1-2H3,(H,77,80)/b7-5-,13-11-,19-17-,25-23-,63-61+,71-69+. The fraction of sp³-hybridized carbons (Fsp3) is 0.829. The maximum atomic E-state index is 12.5. The van der Waals surface area contributed by atoms with Gasteiger partial charge in [0.15, 0.2) is 0 Å². The van der Waals surface area contributed by atoms with E-state index >= 15 is 0 Å². The SMILES string of the molecule is CC/C=C\C/C=C\C/C=C\C/C=C\CCCCCCCCCCCCCCCCCCCCCCCCC(=O)NC(CO)C(O)/C=C/CC/C=C/CCCCCCCCCCCCCCCCCCCCCCCCCCCCC. The third-order valence-electron chi connectivity index (χ3n) is 16.7. The maximum Gasteiger partial charge on any atom is 0.220 e. The lowest BCUT2D eigenvalue weighted by atomic mass is 10.0. The average Bonchev–Trinajstić information content (AvgIpc) is 3.46. The highest BCUT2D eigenvalue weighted by molar-refractivity contribution is 5.76. The number of hydrogen-bond donors (Lipinski definition) is 3. The van der Waals surface area contributed by atoms with Gasteiger partial charge < -0.3 is 15.5 Å². The fourth-order valence-electron chi connectivity index (χ4n) is 11.3. The highest BCUT2D eigenvalue weighted by atomic mass is 16.3. The molecule has 0 bridgehead atoms. The second-order valence-electron chi connectivity index (χ2n) is 24.6. The van der Waals surface area contributed by atoms with E-state index in [4.69, 9.17) is 0 Å². The largest absolute Gasteiger partial charge is 0.394 e. The number of unbranched alkanes of at least 4 members (excludes halogenated alkanes) is 50. The predicted molar refractivity (Wildman–Crippen MR) is 359 cm³/mol. The number of allylic oxidation sites excluding steroid dienone is 11. The lowest BCUT2D eigenvalue weighted by Crippen LogP contribution is -2.45. The highest BCUT2D eigenvalue weighted by Crippen LogP contribution is 2.19. The lowest BCUT2D eigenvalue weighted by molar-refractivity contribution is -0.123. The van der Waals surface area contributed by atoms with E-state index in [-0.39, 0.29) is 12.5 Å². The molecule has 0 aliphatic carbocycles. The lowest BCUT2D eigenvalue weighted by Gasteiger charge is -2.19. The van der Waals surface area contributed by atoms with Gasteiger partial charge in [-0.1, -0.05) is 382 Å². The highest BCUT2D eigenvalue weighted by Gasteiger charge is 2.18. The molecule has 80 heavy (non-hydrogen) atoms. The molecule has 2 unspecified atom stereocenters. The van der Waals surface area contributed by atoms with Gasteiger partial charge in [0.05, 0.1) is 18.8 Å². The van der Waals surface area contributed by atoms with Gasteiger partial charge in [0.2, 0.25) is 5.91 Å². The quantitative estimate of drug-likeness (QED) is 0.0420. The average molecular weight is 1120 g/mol. The molecule has 0 aliphatic heterocycles. The van der Waals surface area contributed by atoms with Crippen LogP contribution < -0.4 is 5.32 Å². The molecule has 0 aromatic heterocycles. The maximum absolute atomic E-state index is 12.5. The van der Waals surface area contributed by atoms with Crippen LogP contribution in [0.3, 0.4) is 0 Å². The summed E-state index contributed by atoms with van der Waals surface area (Å²) in [7, 11) is 0. The van der Waals surface area contributed by atoms with Gasteiger partial charge in [-0.3, -0.25) is 4.79 Å². The Bertz CT molecular complexity index is 1360. The van der Waals surface area contributed by atoms with Crippen LogP contribution in [0.2, 0.25) is 0 Å². The first-order chi connectivity index (χ1) is 39.7. The molecule has 0 aromatic carbocycles. The molecule has 1 amide bonds. The fourth-order valence-corrected chi connectivity index (χ4v) is 11.3. The van der Waals surface area contributed by atoms with Gasteiger partial charge in [0, 0.05) is 6.42 Å². The van der Waals surface area contributed by atoms with Crippen molar-refractivity contribution in [3.8, 4) is 0 Å². The Morgan fingerprint density at radius 2 is 0.562 bits per heavy atom. The van der Waals surface area contributed by atoms with Crippen molar-refractivity contribution >= 4 is 5.91 Å². The Morgan fingerprint density at radius 3 is 0.875 bits per heavy atom. The van der Waals surface area contributed by atoms with Crippen molar-refractivity contribution in [1.29, 1.82) is 0 Å². The monoisotopic (exact) mass is 1120 g/mol. The summed E-state index contributed by atoms with van der Waals surface area (Å²) in [6.07, 6.45) is 103. The minimum absolute atomic E-state index is 0.0676. The topological polar surface area (TPSA) is 69.6 Å². The number of rotatable bonds is 67. The first-order valence-corrected chi connectivity index (χ1v) is 36.2. The zero-order valence-corrected chi connectivity index (χ0v) is 54.1. The summed E-state index contributed by atoms with van der Waals surface area (Å²) in [5.41, 5.74) is 0. The number of hydrogen-bond acceptors (Lipinski definition) is 3. The van der Waals surface area contributed by atoms with Gasteiger partial charge in [-0.15, -0.1) is 0 Å².